The first kappa shape index (κ1) is 10.9. The van der Waals surface area contributed by atoms with Gasteiger partial charge in [-0.25, -0.2) is 4.68 Å². The molecule has 0 aliphatic rings. The molecule has 5 nitrogen and oxygen atoms in total. The Morgan fingerprint density at radius 1 is 1.31 bits per heavy atom. The Bertz CT molecular complexity index is 453. The first-order valence-corrected chi connectivity index (χ1v) is 6.05. The van der Waals surface area contributed by atoms with Gasteiger partial charge in [0.05, 0.1) is 0 Å². The number of nitrogens with two attached hydrogens (primary N) is 1. The van der Waals surface area contributed by atoms with Gasteiger partial charge in [-0.1, -0.05) is 18.7 Å². The SMILES string of the molecule is CCCSc1nnc(-c2ccncc2)n1N. The summed E-state index contributed by atoms with van der Waals surface area (Å²) < 4.78 is 1.52. The van der Waals surface area contributed by atoms with E-state index in [-0.39, 0.29) is 0 Å². The molecule has 2 aromatic rings. The third kappa shape index (κ3) is 2.16. The molecule has 0 atom stereocenters. The lowest BCUT2D eigenvalue weighted by Gasteiger charge is -2.02. The van der Waals surface area contributed by atoms with Crippen LogP contribution in [-0.4, -0.2) is 25.6 Å². The van der Waals surface area contributed by atoms with E-state index in [4.69, 9.17) is 5.84 Å². The van der Waals surface area contributed by atoms with Crippen molar-refractivity contribution >= 4 is 11.8 Å². The lowest BCUT2D eigenvalue weighted by molar-refractivity contribution is 0.848. The lowest BCUT2D eigenvalue weighted by atomic mass is 10.2. The number of thioether (sulfide) groups is 1. The Labute approximate surface area is 98.1 Å². The zero-order chi connectivity index (χ0) is 11.4. The van der Waals surface area contributed by atoms with E-state index in [0.29, 0.717) is 5.82 Å². The lowest BCUT2D eigenvalue weighted by Crippen LogP contribution is -2.11. The largest absolute Gasteiger partial charge is 0.335 e. The van der Waals surface area contributed by atoms with E-state index in [9.17, 15) is 0 Å². The van der Waals surface area contributed by atoms with Gasteiger partial charge in [0, 0.05) is 23.7 Å². The molecule has 0 saturated carbocycles. The molecule has 84 valence electrons. The molecule has 0 amide bonds. The van der Waals surface area contributed by atoms with Crippen LogP contribution in [-0.2, 0) is 0 Å². The molecule has 16 heavy (non-hydrogen) atoms. The van der Waals surface area contributed by atoms with Gasteiger partial charge in [-0.2, -0.15) is 0 Å². The van der Waals surface area contributed by atoms with E-state index in [1.54, 1.807) is 24.2 Å². The van der Waals surface area contributed by atoms with Gasteiger partial charge in [-0.3, -0.25) is 4.98 Å². The molecule has 2 rings (SSSR count). The Morgan fingerprint density at radius 2 is 2.06 bits per heavy atom. The summed E-state index contributed by atoms with van der Waals surface area (Å²) in [7, 11) is 0. The summed E-state index contributed by atoms with van der Waals surface area (Å²) in [6, 6.07) is 3.73. The number of aromatic nitrogens is 4. The van der Waals surface area contributed by atoms with Crippen LogP contribution >= 0.6 is 11.8 Å². The van der Waals surface area contributed by atoms with Crippen molar-refractivity contribution in [2.75, 3.05) is 11.6 Å². The van der Waals surface area contributed by atoms with Crippen LogP contribution in [0.1, 0.15) is 13.3 Å². The zero-order valence-electron chi connectivity index (χ0n) is 9.00. The highest BCUT2D eigenvalue weighted by atomic mass is 32.2. The van der Waals surface area contributed by atoms with Crippen molar-refractivity contribution in [1.82, 2.24) is 19.9 Å². The highest BCUT2D eigenvalue weighted by Crippen LogP contribution is 2.20. The summed E-state index contributed by atoms with van der Waals surface area (Å²) in [6.07, 6.45) is 4.51. The Hall–Kier alpha value is -1.56. The van der Waals surface area contributed by atoms with Crippen LogP contribution in [0, 0.1) is 0 Å². The Kier molecular flexibility index (Phi) is 3.40. The second-order valence-corrected chi connectivity index (χ2v) is 4.32. The first-order valence-electron chi connectivity index (χ1n) is 5.06. The Morgan fingerprint density at radius 3 is 2.75 bits per heavy atom. The molecule has 0 aromatic carbocycles. The zero-order valence-corrected chi connectivity index (χ0v) is 9.81. The van der Waals surface area contributed by atoms with Gasteiger partial charge in [0.15, 0.2) is 5.82 Å². The predicted molar refractivity (Wildman–Crippen MR) is 64.4 cm³/mol. The van der Waals surface area contributed by atoms with Crippen LogP contribution in [0.4, 0.5) is 0 Å². The Balaban J connectivity index is 2.27. The fourth-order valence-corrected chi connectivity index (χ4v) is 1.98. The third-order valence-electron chi connectivity index (χ3n) is 2.04. The van der Waals surface area contributed by atoms with Gasteiger partial charge in [-0.15, -0.1) is 10.2 Å². The topological polar surface area (TPSA) is 69.6 Å². The smallest absolute Gasteiger partial charge is 0.210 e. The van der Waals surface area contributed by atoms with Crippen molar-refractivity contribution in [3.8, 4) is 11.4 Å². The van der Waals surface area contributed by atoms with Crippen LogP contribution in [0.5, 0.6) is 0 Å². The minimum absolute atomic E-state index is 0.668. The highest BCUT2D eigenvalue weighted by molar-refractivity contribution is 7.99. The van der Waals surface area contributed by atoms with Crippen LogP contribution in [0.15, 0.2) is 29.7 Å². The monoisotopic (exact) mass is 235 g/mol. The highest BCUT2D eigenvalue weighted by Gasteiger charge is 2.10. The number of nitrogens with zero attached hydrogens (tertiary/aromatic N) is 4. The number of hydrogen-bond acceptors (Lipinski definition) is 5. The summed E-state index contributed by atoms with van der Waals surface area (Å²) in [5.41, 5.74) is 0.924. The molecule has 6 heteroatoms. The van der Waals surface area contributed by atoms with Crippen molar-refractivity contribution in [3.63, 3.8) is 0 Å². The molecule has 0 radical (unpaired) electrons. The summed E-state index contributed by atoms with van der Waals surface area (Å²) in [4.78, 5) is 3.95. The summed E-state index contributed by atoms with van der Waals surface area (Å²) >= 11 is 1.61. The minimum Gasteiger partial charge on any atom is -0.335 e. The maximum absolute atomic E-state index is 5.93. The van der Waals surface area contributed by atoms with E-state index in [1.807, 2.05) is 12.1 Å². The van der Waals surface area contributed by atoms with E-state index in [1.165, 1.54) is 4.68 Å². The van der Waals surface area contributed by atoms with Crippen LogP contribution < -0.4 is 5.84 Å². The second kappa shape index (κ2) is 4.98. The van der Waals surface area contributed by atoms with E-state index in [2.05, 4.69) is 22.1 Å². The van der Waals surface area contributed by atoms with Gasteiger partial charge in [0.1, 0.15) is 0 Å². The molecule has 2 N–H and O–H groups in total. The van der Waals surface area contributed by atoms with Crippen molar-refractivity contribution in [2.24, 2.45) is 0 Å². The quantitative estimate of drug-likeness (QED) is 0.643. The maximum atomic E-state index is 5.93. The summed E-state index contributed by atoms with van der Waals surface area (Å²) in [6.45, 7) is 2.12. The summed E-state index contributed by atoms with van der Waals surface area (Å²) in [5.74, 6) is 7.59. The van der Waals surface area contributed by atoms with Gasteiger partial charge in [0.25, 0.3) is 0 Å². The van der Waals surface area contributed by atoms with Crippen molar-refractivity contribution < 1.29 is 0 Å². The van der Waals surface area contributed by atoms with E-state index < -0.39 is 0 Å². The summed E-state index contributed by atoms with van der Waals surface area (Å²) in [5, 5.41) is 8.88. The molecular formula is C10H13N5S. The molecule has 0 fully saturated rings. The van der Waals surface area contributed by atoms with Gasteiger partial charge >= 0.3 is 0 Å². The molecule has 0 aliphatic heterocycles. The molecule has 0 aliphatic carbocycles. The molecular weight excluding hydrogens is 222 g/mol. The maximum Gasteiger partial charge on any atom is 0.210 e. The van der Waals surface area contributed by atoms with E-state index >= 15 is 0 Å². The fraction of sp³-hybridized carbons (Fsp3) is 0.300. The van der Waals surface area contributed by atoms with Crippen molar-refractivity contribution in [1.29, 1.82) is 0 Å². The van der Waals surface area contributed by atoms with Crippen molar-refractivity contribution in [3.05, 3.63) is 24.5 Å². The first-order chi connectivity index (χ1) is 7.83. The average molecular weight is 235 g/mol. The number of pyridine rings is 1. The van der Waals surface area contributed by atoms with Gasteiger partial charge in [0.2, 0.25) is 5.16 Å². The fourth-order valence-electron chi connectivity index (χ4n) is 1.27. The minimum atomic E-state index is 0.668. The van der Waals surface area contributed by atoms with Crippen molar-refractivity contribution in [2.45, 2.75) is 18.5 Å². The standard InChI is InChI=1S/C10H13N5S/c1-2-7-16-10-14-13-9(15(10)11)8-3-5-12-6-4-8/h3-6H,2,7,11H2,1H3. The molecule has 0 unspecified atom stereocenters. The number of hydrogen-bond donors (Lipinski definition) is 1. The molecule has 0 spiro atoms. The molecule has 0 bridgehead atoms. The van der Waals surface area contributed by atoms with Gasteiger partial charge in [-0.05, 0) is 18.6 Å². The predicted octanol–water partition coefficient (Wildman–Crippen LogP) is 1.56. The number of nitrogen functional groups attached to an aromatic ring is 1. The normalized spacial score (nSPS) is 10.6. The van der Waals surface area contributed by atoms with Crippen LogP contribution in [0.25, 0.3) is 11.4 Å². The molecule has 0 saturated heterocycles. The third-order valence-corrected chi connectivity index (χ3v) is 3.19. The second-order valence-electron chi connectivity index (χ2n) is 3.26. The number of rotatable bonds is 4. The van der Waals surface area contributed by atoms with E-state index in [0.717, 1.165) is 22.9 Å². The van der Waals surface area contributed by atoms with Gasteiger partial charge < -0.3 is 5.84 Å². The van der Waals surface area contributed by atoms with Crippen LogP contribution in [0.2, 0.25) is 0 Å². The van der Waals surface area contributed by atoms with Crippen LogP contribution in [0.3, 0.4) is 0 Å². The average Bonchev–Trinajstić information content (AvgIpc) is 2.69. The molecule has 2 heterocycles. The molecule has 2 aromatic heterocycles.